The molecule has 0 saturated carbocycles. The molecule has 0 aromatic heterocycles. The van der Waals surface area contributed by atoms with Gasteiger partial charge in [-0.05, 0) is 60.9 Å². The van der Waals surface area contributed by atoms with E-state index < -0.39 is 11.8 Å². The third-order valence-corrected chi connectivity index (χ3v) is 5.53. The molecule has 0 bridgehead atoms. The molecule has 1 heterocycles. The Bertz CT molecular complexity index is 1140. The van der Waals surface area contributed by atoms with Crippen LogP contribution in [0.5, 0.6) is 0 Å². The minimum Gasteiger partial charge on any atom is -0.334 e. The van der Waals surface area contributed by atoms with Crippen molar-refractivity contribution in [1.29, 1.82) is 0 Å². The van der Waals surface area contributed by atoms with E-state index in [1.54, 1.807) is 0 Å². The number of fused-ring (bicyclic) bond motifs is 1. The van der Waals surface area contributed by atoms with Crippen LogP contribution in [0.4, 0.5) is 20.6 Å². The van der Waals surface area contributed by atoms with Crippen LogP contribution in [0.3, 0.4) is 0 Å². The maximum absolute atomic E-state index is 13.3. The minimum absolute atomic E-state index is 0.0390. The molecular weight excluding hydrogens is 417 g/mol. The lowest BCUT2D eigenvalue weighted by Gasteiger charge is -2.23. The molecule has 1 aliphatic heterocycles. The number of amides is 3. The lowest BCUT2D eigenvalue weighted by atomic mass is 10.1. The van der Waals surface area contributed by atoms with Crippen LogP contribution in [0, 0.1) is 5.82 Å². The van der Waals surface area contributed by atoms with Gasteiger partial charge in [-0.3, -0.25) is 4.79 Å². The minimum atomic E-state index is -0.547. The molecule has 0 spiro atoms. The zero-order valence-electron chi connectivity index (χ0n) is 16.9. The number of urea groups is 1. The number of halogens is 2. The predicted octanol–water partition coefficient (Wildman–Crippen LogP) is 5.39. The van der Waals surface area contributed by atoms with Gasteiger partial charge in [0.05, 0.1) is 5.02 Å². The quantitative estimate of drug-likeness (QED) is 0.574. The monoisotopic (exact) mass is 437 g/mol. The van der Waals surface area contributed by atoms with E-state index in [2.05, 4.69) is 10.6 Å². The van der Waals surface area contributed by atoms with E-state index in [1.165, 1.54) is 18.2 Å². The number of rotatable bonds is 4. The number of hydrogen-bond donors (Lipinski definition) is 2. The molecule has 1 aliphatic rings. The van der Waals surface area contributed by atoms with Crippen LogP contribution in [0.2, 0.25) is 5.02 Å². The molecule has 3 aromatic rings. The fourth-order valence-electron chi connectivity index (χ4n) is 3.72. The van der Waals surface area contributed by atoms with Crippen LogP contribution in [-0.2, 0) is 13.0 Å². The second kappa shape index (κ2) is 8.78. The van der Waals surface area contributed by atoms with Crippen molar-refractivity contribution in [2.45, 2.75) is 25.9 Å². The second-order valence-corrected chi connectivity index (χ2v) is 7.90. The summed E-state index contributed by atoms with van der Waals surface area (Å²) < 4.78 is 13.3. The number of nitrogens with one attached hydrogen (secondary N) is 2. The third-order valence-electron chi connectivity index (χ3n) is 5.24. The summed E-state index contributed by atoms with van der Waals surface area (Å²) in [5, 5.41) is 5.33. The molecule has 0 radical (unpaired) electrons. The maximum atomic E-state index is 13.3. The highest BCUT2D eigenvalue weighted by molar-refractivity contribution is 6.31. The Kier molecular flexibility index (Phi) is 5.91. The highest BCUT2D eigenvalue weighted by Crippen LogP contribution is 2.34. The van der Waals surface area contributed by atoms with Gasteiger partial charge >= 0.3 is 6.03 Å². The normalized spacial score (nSPS) is 14.8. The molecule has 1 atom stereocenters. The molecular formula is C24H21ClFN3O2. The first kappa shape index (κ1) is 20.9. The van der Waals surface area contributed by atoms with Gasteiger partial charge in [0.2, 0.25) is 0 Å². The first-order valence-corrected chi connectivity index (χ1v) is 10.3. The van der Waals surface area contributed by atoms with E-state index >= 15 is 0 Å². The Morgan fingerprint density at radius 1 is 1.10 bits per heavy atom. The maximum Gasteiger partial charge on any atom is 0.319 e. The van der Waals surface area contributed by atoms with Crippen LogP contribution >= 0.6 is 11.6 Å². The SMILES string of the molecule is CC1Cc2ccc(CNC(=O)Nc3ccc(F)c(Cl)c3)cc2N1C(=O)c1ccccc1. The average molecular weight is 438 g/mol. The van der Waals surface area contributed by atoms with E-state index in [0.717, 1.165) is 23.2 Å². The summed E-state index contributed by atoms with van der Waals surface area (Å²) in [6.45, 7) is 2.30. The van der Waals surface area contributed by atoms with Crippen molar-refractivity contribution in [3.8, 4) is 0 Å². The van der Waals surface area contributed by atoms with Crippen LogP contribution < -0.4 is 15.5 Å². The first-order valence-electron chi connectivity index (χ1n) is 9.92. The van der Waals surface area contributed by atoms with Crippen molar-refractivity contribution in [2.75, 3.05) is 10.2 Å². The van der Waals surface area contributed by atoms with Crippen LogP contribution in [0.1, 0.15) is 28.4 Å². The Labute approximate surface area is 184 Å². The summed E-state index contributed by atoms with van der Waals surface area (Å²) in [5.74, 6) is -0.586. The molecule has 7 heteroatoms. The van der Waals surface area contributed by atoms with Gasteiger partial charge in [0.15, 0.2) is 0 Å². The number of hydrogen-bond acceptors (Lipinski definition) is 2. The third kappa shape index (κ3) is 4.54. The highest BCUT2D eigenvalue weighted by atomic mass is 35.5. The molecule has 158 valence electrons. The largest absolute Gasteiger partial charge is 0.334 e. The zero-order chi connectivity index (χ0) is 22.0. The van der Waals surface area contributed by atoms with Crippen molar-refractivity contribution in [2.24, 2.45) is 0 Å². The summed E-state index contributed by atoms with van der Waals surface area (Å²) in [7, 11) is 0. The van der Waals surface area contributed by atoms with Crippen LogP contribution in [0.25, 0.3) is 0 Å². The highest BCUT2D eigenvalue weighted by Gasteiger charge is 2.31. The summed E-state index contributed by atoms with van der Waals surface area (Å²) in [5.41, 5.74) is 3.87. The number of carbonyl (C=O) groups is 2. The molecule has 4 rings (SSSR count). The molecule has 3 amide bonds. The number of nitrogens with zero attached hydrogens (tertiary/aromatic N) is 1. The van der Waals surface area contributed by atoms with Gasteiger partial charge in [-0.2, -0.15) is 0 Å². The average Bonchev–Trinajstić information content (AvgIpc) is 3.10. The molecule has 0 saturated heterocycles. The Morgan fingerprint density at radius 2 is 1.87 bits per heavy atom. The molecule has 3 aromatic carbocycles. The predicted molar refractivity (Wildman–Crippen MR) is 120 cm³/mol. The molecule has 0 fully saturated rings. The van der Waals surface area contributed by atoms with Crippen molar-refractivity contribution >= 4 is 34.9 Å². The lowest BCUT2D eigenvalue weighted by molar-refractivity contribution is 0.0981. The van der Waals surface area contributed by atoms with Crippen LogP contribution in [0.15, 0.2) is 66.7 Å². The van der Waals surface area contributed by atoms with Crippen molar-refractivity contribution in [3.63, 3.8) is 0 Å². The molecule has 5 nitrogen and oxygen atoms in total. The van der Waals surface area contributed by atoms with Gasteiger partial charge in [0.1, 0.15) is 5.82 Å². The van der Waals surface area contributed by atoms with Crippen molar-refractivity contribution in [3.05, 3.63) is 94.3 Å². The molecule has 2 N–H and O–H groups in total. The smallest absolute Gasteiger partial charge is 0.319 e. The Morgan fingerprint density at radius 3 is 2.61 bits per heavy atom. The number of anilines is 2. The summed E-state index contributed by atoms with van der Waals surface area (Å²) in [4.78, 5) is 27.1. The molecule has 1 unspecified atom stereocenters. The fraction of sp³-hybridized carbons (Fsp3) is 0.167. The van der Waals surface area contributed by atoms with Gasteiger partial charge in [0, 0.05) is 29.5 Å². The van der Waals surface area contributed by atoms with E-state index in [1.807, 2.05) is 60.4 Å². The molecule has 0 aliphatic carbocycles. The summed E-state index contributed by atoms with van der Waals surface area (Å²) >= 11 is 5.74. The summed E-state index contributed by atoms with van der Waals surface area (Å²) in [6, 6.07) is 18.7. The lowest BCUT2D eigenvalue weighted by Crippen LogP contribution is -2.35. The standard InChI is InChI=1S/C24H21ClFN3O2/c1-15-11-18-8-7-16(12-22(18)29(15)23(30)17-5-3-2-4-6-17)14-27-24(31)28-19-9-10-21(26)20(25)13-19/h2-10,12-13,15H,11,14H2,1H3,(H2,27,28,31). The van der Waals surface area contributed by atoms with Gasteiger partial charge < -0.3 is 15.5 Å². The van der Waals surface area contributed by atoms with Gasteiger partial charge in [0.25, 0.3) is 5.91 Å². The second-order valence-electron chi connectivity index (χ2n) is 7.49. The van der Waals surface area contributed by atoms with E-state index in [9.17, 15) is 14.0 Å². The number of carbonyl (C=O) groups excluding carboxylic acids is 2. The van der Waals surface area contributed by atoms with E-state index in [0.29, 0.717) is 11.3 Å². The summed E-state index contributed by atoms with van der Waals surface area (Å²) in [6.07, 6.45) is 0.785. The fourth-order valence-corrected chi connectivity index (χ4v) is 3.90. The van der Waals surface area contributed by atoms with Crippen molar-refractivity contribution in [1.82, 2.24) is 5.32 Å². The zero-order valence-corrected chi connectivity index (χ0v) is 17.6. The molecule has 31 heavy (non-hydrogen) atoms. The van der Waals surface area contributed by atoms with Crippen molar-refractivity contribution < 1.29 is 14.0 Å². The van der Waals surface area contributed by atoms with E-state index in [-0.39, 0.29) is 23.5 Å². The van der Waals surface area contributed by atoms with Gasteiger partial charge in [-0.25, -0.2) is 9.18 Å². The topological polar surface area (TPSA) is 61.4 Å². The Balaban J connectivity index is 1.45. The number of benzene rings is 3. The van der Waals surface area contributed by atoms with Crippen LogP contribution in [-0.4, -0.2) is 18.0 Å². The Hall–Kier alpha value is -3.38. The van der Waals surface area contributed by atoms with Gasteiger partial charge in [-0.15, -0.1) is 0 Å². The van der Waals surface area contributed by atoms with Gasteiger partial charge in [-0.1, -0.05) is 41.9 Å². The van der Waals surface area contributed by atoms with E-state index in [4.69, 9.17) is 11.6 Å². The first-order chi connectivity index (χ1) is 14.9.